The number of aryl methyl sites for hydroxylation is 4. The highest BCUT2D eigenvalue weighted by Gasteiger charge is 2.43. The zero-order valence-electron chi connectivity index (χ0n) is 64.6. The SMILES string of the molecule is Cc1ccc(-c2ccc3c(c2)C(C)(C)c2cc(N(c4ccc(C5(c6ccc(N(c7ccc8c(c7)C(C)(C)c7cc(-c9ccc(C)cc9)ccc7-8)c7ccc8c(c7)C(C)(C)c7cc(-c9ccc(C)cc9)ccc7-8)cc6)CCCCC5)cc4)c4ccc5c(c4)C(C)(C)c4cc(-c6ccc(C)cc6)ccc4-5)ccc2-3)cc1. The van der Waals surface area contributed by atoms with Crippen LogP contribution < -0.4 is 9.80 Å². The molecule has 0 aromatic heterocycles. The van der Waals surface area contributed by atoms with E-state index in [0.29, 0.717) is 0 Å². The summed E-state index contributed by atoms with van der Waals surface area (Å²) in [5.74, 6) is 0. The minimum absolute atomic E-state index is 0.172. The summed E-state index contributed by atoms with van der Waals surface area (Å²) in [5.41, 5.74) is 45.3. The number of rotatable bonds is 12. The molecule has 0 aliphatic heterocycles. The van der Waals surface area contributed by atoms with E-state index in [1.807, 2.05) is 0 Å². The molecule has 0 heterocycles. The fourth-order valence-electron chi connectivity index (χ4n) is 19.8. The summed E-state index contributed by atoms with van der Waals surface area (Å²) in [4.78, 5) is 5.11. The molecule has 0 unspecified atom stereocenters. The van der Waals surface area contributed by atoms with E-state index in [4.69, 9.17) is 0 Å². The predicted octanol–water partition coefficient (Wildman–Crippen LogP) is 29.0. The van der Waals surface area contributed by atoms with Gasteiger partial charge in [0.05, 0.1) is 0 Å². The minimum Gasteiger partial charge on any atom is -0.310 e. The van der Waals surface area contributed by atoms with Crippen LogP contribution in [0.15, 0.2) is 291 Å². The van der Waals surface area contributed by atoms with Crippen molar-refractivity contribution in [3.8, 4) is 89.0 Å². The van der Waals surface area contributed by atoms with Gasteiger partial charge in [0, 0.05) is 61.2 Å². The largest absolute Gasteiger partial charge is 0.310 e. The van der Waals surface area contributed by atoms with Crippen molar-refractivity contribution in [3.05, 3.63) is 369 Å². The summed E-state index contributed by atoms with van der Waals surface area (Å²) in [6.45, 7) is 28.1. The fourth-order valence-corrected chi connectivity index (χ4v) is 19.8. The van der Waals surface area contributed by atoms with Crippen LogP contribution in [0.25, 0.3) is 89.0 Å². The van der Waals surface area contributed by atoms with Crippen LogP contribution in [0, 0.1) is 27.7 Å². The lowest BCUT2D eigenvalue weighted by Gasteiger charge is -2.39. The van der Waals surface area contributed by atoms with Crippen molar-refractivity contribution >= 4 is 34.1 Å². The Labute approximate surface area is 640 Å². The quantitative estimate of drug-likeness (QED) is 0.120. The first-order chi connectivity index (χ1) is 52.1. The summed E-state index contributed by atoms with van der Waals surface area (Å²) >= 11 is 0. The maximum absolute atomic E-state index is 2.55. The van der Waals surface area contributed by atoms with Crippen molar-refractivity contribution in [1.29, 1.82) is 0 Å². The summed E-state index contributed by atoms with van der Waals surface area (Å²) in [6.07, 6.45) is 5.79. The Balaban J connectivity index is 0.703. The Kier molecular flexibility index (Phi) is 15.5. The summed E-state index contributed by atoms with van der Waals surface area (Å²) in [5, 5.41) is 0. The minimum atomic E-state index is -0.233. The van der Waals surface area contributed by atoms with Crippen molar-refractivity contribution in [3.63, 3.8) is 0 Å². The molecule has 5 aliphatic carbocycles. The van der Waals surface area contributed by atoms with Gasteiger partial charge in [-0.1, -0.05) is 291 Å². The second-order valence-electron chi connectivity index (χ2n) is 34.3. The molecule has 108 heavy (non-hydrogen) atoms. The predicted molar refractivity (Wildman–Crippen MR) is 457 cm³/mol. The Morgan fingerprint density at radius 2 is 0.389 bits per heavy atom. The van der Waals surface area contributed by atoms with Crippen molar-refractivity contribution in [2.45, 2.75) is 142 Å². The lowest BCUT2D eigenvalue weighted by atomic mass is 9.65. The van der Waals surface area contributed by atoms with Gasteiger partial charge in [0.25, 0.3) is 0 Å². The number of hydrogen-bond acceptors (Lipinski definition) is 2. The summed E-state index contributed by atoms with van der Waals surface area (Å²) in [7, 11) is 0. The van der Waals surface area contributed by atoms with E-state index in [1.54, 1.807) is 0 Å². The molecule has 1 saturated carbocycles. The van der Waals surface area contributed by atoms with E-state index in [-0.39, 0.29) is 27.1 Å². The van der Waals surface area contributed by atoms with Gasteiger partial charge in [-0.05, 0) is 282 Å². The number of benzene rings is 14. The standard InChI is InChI=1S/C106H94N2/c1-66-16-24-70(25-17-66)74-32-48-86-90-52-44-82(62-98(90)102(5,6)94(86)58-74)107(83-45-53-91-87-49-33-75(71-26-18-67(2)19-27-71)59-95(87)103(7,8)99(91)63-83)80-40-36-78(37-41-80)106(56-14-13-15-57-106)79-38-42-81(43-39-79)108(84-46-54-92-88-50-34-76(72-28-20-68(3)21-29-72)60-96(88)104(9,10)100(92)64-84)85-47-55-93-89-51-35-77(73-30-22-69(4)23-31-73)61-97(89)105(11,12)101(93)65-85/h16-55,58-65H,13-15,56-57H2,1-12H3. The third-order valence-corrected chi connectivity index (χ3v) is 26.3. The molecule has 0 saturated heterocycles. The van der Waals surface area contributed by atoms with Gasteiger partial charge in [-0.15, -0.1) is 0 Å². The van der Waals surface area contributed by atoms with Crippen LogP contribution in [0.4, 0.5) is 34.1 Å². The van der Waals surface area contributed by atoms with Gasteiger partial charge in [-0.3, -0.25) is 0 Å². The van der Waals surface area contributed by atoms with E-state index in [1.165, 1.54) is 186 Å². The monoisotopic (exact) mass is 1390 g/mol. The second-order valence-corrected chi connectivity index (χ2v) is 34.3. The van der Waals surface area contributed by atoms with Crippen LogP contribution in [0.2, 0.25) is 0 Å². The second kappa shape index (κ2) is 24.9. The molecule has 14 aromatic carbocycles. The zero-order valence-corrected chi connectivity index (χ0v) is 64.6. The molecule has 0 atom stereocenters. The highest BCUT2D eigenvalue weighted by molar-refractivity contribution is 5.93. The molecule has 0 bridgehead atoms. The van der Waals surface area contributed by atoms with E-state index in [0.717, 1.165) is 47.0 Å². The Bertz CT molecular complexity index is 5270. The normalized spacial score (nSPS) is 15.8. The number of hydrogen-bond donors (Lipinski definition) is 0. The van der Waals surface area contributed by atoms with E-state index in [2.05, 4.69) is 384 Å². The molecule has 1 fully saturated rings. The van der Waals surface area contributed by atoms with Gasteiger partial charge in [-0.2, -0.15) is 0 Å². The molecule has 0 N–H and O–H groups in total. The van der Waals surface area contributed by atoms with Crippen LogP contribution in [-0.4, -0.2) is 0 Å². The molecular weight excluding hydrogens is 1300 g/mol. The summed E-state index contributed by atoms with van der Waals surface area (Å²) in [6, 6.07) is 113. The zero-order chi connectivity index (χ0) is 73.9. The van der Waals surface area contributed by atoms with Gasteiger partial charge in [-0.25, -0.2) is 0 Å². The lowest BCUT2D eigenvalue weighted by molar-refractivity contribution is 0.346. The van der Waals surface area contributed by atoms with E-state index >= 15 is 0 Å². The topological polar surface area (TPSA) is 6.48 Å². The Morgan fingerprint density at radius 3 is 0.620 bits per heavy atom. The Morgan fingerprint density at radius 1 is 0.194 bits per heavy atom. The first-order valence-electron chi connectivity index (χ1n) is 39.4. The molecule has 528 valence electrons. The molecule has 14 aromatic rings. The molecule has 0 amide bonds. The molecule has 2 nitrogen and oxygen atoms in total. The van der Waals surface area contributed by atoms with Crippen molar-refractivity contribution < 1.29 is 0 Å². The van der Waals surface area contributed by atoms with Gasteiger partial charge < -0.3 is 9.80 Å². The van der Waals surface area contributed by atoms with Gasteiger partial charge in [0.2, 0.25) is 0 Å². The van der Waals surface area contributed by atoms with E-state index < -0.39 is 0 Å². The first-order valence-corrected chi connectivity index (χ1v) is 39.4. The first kappa shape index (κ1) is 67.3. The highest BCUT2D eigenvalue weighted by Crippen LogP contribution is 2.58. The van der Waals surface area contributed by atoms with Gasteiger partial charge >= 0.3 is 0 Å². The van der Waals surface area contributed by atoms with Gasteiger partial charge in [0.1, 0.15) is 0 Å². The van der Waals surface area contributed by atoms with Crippen LogP contribution in [0.5, 0.6) is 0 Å². The van der Waals surface area contributed by atoms with E-state index in [9.17, 15) is 0 Å². The van der Waals surface area contributed by atoms with Crippen LogP contribution in [0.1, 0.15) is 165 Å². The highest BCUT2D eigenvalue weighted by atomic mass is 15.1. The van der Waals surface area contributed by atoms with Crippen molar-refractivity contribution in [2.24, 2.45) is 0 Å². The Hall–Kier alpha value is -11.3. The average Bonchev–Trinajstić information content (AvgIpc) is 1.56. The maximum atomic E-state index is 2.55. The van der Waals surface area contributed by atoms with Crippen LogP contribution in [-0.2, 0) is 27.1 Å². The number of fused-ring (bicyclic) bond motifs is 12. The third-order valence-electron chi connectivity index (χ3n) is 26.3. The lowest BCUT2D eigenvalue weighted by Crippen LogP contribution is -2.30. The molecular formula is C106H94N2. The average molecular weight is 1400 g/mol. The molecule has 0 spiro atoms. The third kappa shape index (κ3) is 10.7. The molecule has 0 radical (unpaired) electrons. The van der Waals surface area contributed by atoms with Crippen molar-refractivity contribution in [2.75, 3.05) is 9.80 Å². The van der Waals surface area contributed by atoms with Gasteiger partial charge in [0.15, 0.2) is 0 Å². The van der Waals surface area contributed by atoms with Crippen LogP contribution >= 0.6 is 0 Å². The van der Waals surface area contributed by atoms with Crippen molar-refractivity contribution in [1.82, 2.24) is 0 Å². The molecule has 2 heteroatoms. The number of anilines is 6. The molecule has 19 rings (SSSR count). The molecule has 5 aliphatic rings. The fraction of sp³-hybridized carbons (Fsp3) is 0.208. The summed E-state index contributed by atoms with van der Waals surface area (Å²) < 4.78 is 0. The van der Waals surface area contributed by atoms with Crippen LogP contribution in [0.3, 0.4) is 0 Å². The maximum Gasteiger partial charge on any atom is 0.0465 e. The smallest absolute Gasteiger partial charge is 0.0465 e. The number of nitrogens with zero attached hydrogens (tertiary/aromatic N) is 2.